The van der Waals surface area contributed by atoms with Crippen molar-refractivity contribution in [1.29, 1.82) is 0 Å². The lowest BCUT2D eigenvalue weighted by atomic mass is 9.75. The normalized spacial score (nSPS) is 16.6. The highest BCUT2D eigenvalue weighted by Crippen LogP contribution is 2.45. The predicted octanol–water partition coefficient (Wildman–Crippen LogP) is 13.2. The molecule has 0 unspecified atom stereocenters. The molecule has 0 radical (unpaired) electrons. The molecule has 306 valence electrons. The van der Waals surface area contributed by atoms with E-state index in [1.165, 1.54) is 12.5 Å². The number of rotatable bonds is 21. The Kier molecular flexibility index (Phi) is 18.3. The lowest BCUT2D eigenvalue weighted by Crippen LogP contribution is -2.55. The molecular formula is C45H77NO5SSi2. The van der Waals surface area contributed by atoms with Gasteiger partial charge in [0.05, 0.1) is 29.5 Å². The molecule has 0 bridgehead atoms. The molecule has 2 aromatic rings. The van der Waals surface area contributed by atoms with Gasteiger partial charge in [0.25, 0.3) is 0 Å². The number of hydrogen-bond donors (Lipinski definition) is 0. The van der Waals surface area contributed by atoms with E-state index in [2.05, 4.69) is 143 Å². The van der Waals surface area contributed by atoms with Crippen LogP contribution in [-0.2, 0) is 29.7 Å². The fraction of sp³-hybridized carbons (Fsp3) is 0.689. The zero-order valence-corrected chi connectivity index (χ0v) is 40.0. The second-order valence-electron chi connectivity index (χ2n) is 19.3. The van der Waals surface area contributed by atoms with E-state index < -0.39 is 16.6 Å². The number of benzene rings is 1. The van der Waals surface area contributed by atoms with E-state index in [1.807, 2.05) is 25.3 Å². The number of thiazole rings is 1. The summed E-state index contributed by atoms with van der Waals surface area (Å²) in [5, 5.41) is 3.26. The molecule has 1 aromatic heterocycles. The van der Waals surface area contributed by atoms with E-state index in [1.54, 1.807) is 11.3 Å². The van der Waals surface area contributed by atoms with Gasteiger partial charge in [-0.05, 0) is 92.5 Å². The fourth-order valence-electron chi connectivity index (χ4n) is 6.27. The van der Waals surface area contributed by atoms with Crippen LogP contribution in [0.25, 0.3) is 6.08 Å². The van der Waals surface area contributed by atoms with Crippen LogP contribution in [0.2, 0.25) is 36.3 Å². The van der Waals surface area contributed by atoms with Gasteiger partial charge >= 0.3 is 5.97 Å². The maximum absolute atomic E-state index is 11.9. The third-order valence-corrected chi connectivity index (χ3v) is 21.6. The lowest BCUT2D eigenvalue weighted by Gasteiger charge is -2.49. The number of unbranched alkanes of at least 4 members (excludes halogenated alkanes) is 1. The van der Waals surface area contributed by atoms with Crippen molar-refractivity contribution < 1.29 is 23.1 Å². The van der Waals surface area contributed by atoms with Gasteiger partial charge in [-0.1, -0.05) is 112 Å². The first kappa shape index (κ1) is 48.3. The molecule has 5 atom stereocenters. The number of nitrogens with zero attached hydrogens (tertiary/aromatic N) is 1. The summed E-state index contributed by atoms with van der Waals surface area (Å²) in [5.74, 6) is 0.165. The number of hydrogen-bond acceptors (Lipinski definition) is 7. The molecule has 0 aliphatic heterocycles. The Morgan fingerprint density at radius 1 is 0.907 bits per heavy atom. The van der Waals surface area contributed by atoms with Gasteiger partial charge in [0.1, 0.15) is 6.10 Å². The van der Waals surface area contributed by atoms with Gasteiger partial charge in [0, 0.05) is 36.7 Å². The Morgan fingerprint density at radius 2 is 1.52 bits per heavy atom. The Balaban J connectivity index is 2.30. The Morgan fingerprint density at radius 3 is 2.06 bits per heavy atom. The zero-order valence-electron chi connectivity index (χ0n) is 37.2. The van der Waals surface area contributed by atoms with E-state index in [0.29, 0.717) is 25.6 Å². The van der Waals surface area contributed by atoms with E-state index in [4.69, 9.17) is 18.3 Å². The van der Waals surface area contributed by atoms with Crippen LogP contribution >= 0.6 is 11.3 Å². The smallest absolute Gasteiger partial charge is 0.303 e. The second kappa shape index (κ2) is 20.5. The largest absolute Gasteiger partial charge is 0.458 e. The molecule has 0 spiro atoms. The maximum Gasteiger partial charge on any atom is 0.303 e. The number of esters is 1. The van der Waals surface area contributed by atoms with Crippen LogP contribution in [0.1, 0.15) is 125 Å². The molecule has 54 heavy (non-hydrogen) atoms. The average Bonchev–Trinajstić information content (AvgIpc) is 3.46. The van der Waals surface area contributed by atoms with Crippen LogP contribution < -0.4 is 0 Å². The van der Waals surface area contributed by atoms with Crippen molar-refractivity contribution in [2.24, 2.45) is 17.3 Å². The third kappa shape index (κ3) is 15.2. The molecule has 0 aliphatic carbocycles. The number of aryl methyl sites for hydroxylation is 1. The first-order valence-corrected chi connectivity index (χ1v) is 26.9. The Hall–Kier alpha value is -1.89. The van der Waals surface area contributed by atoms with E-state index in [9.17, 15) is 4.79 Å². The minimum atomic E-state index is -2.16. The van der Waals surface area contributed by atoms with Gasteiger partial charge in [0.15, 0.2) is 16.6 Å². The third-order valence-electron chi connectivity index (χ3n) is 11.8. The van der Waals surface area contributed by atoms with Crippen molar-refractivity contribution in [3.63, 3.8) is 0 Å². The Labute approximate surface area is 337 Å². The van der Waals surface area contributed by atoms with Crippen molar-refractivity contribution in [1.82, 2.24) is 4.98 Å². The molecule has 0 aliphatic rings. The van der Waals surface area contributed by atoms with Crippen LogP contribution in [0.4, 0.5) is 0 Å². The van der Waals surface area contributed by atoms with Crippen LogP contribution in [-0.4, -0.2) is 52.5 Å². The summed E-state index contributed by atoms with van der Waals surface area (Å²) < 4.78 is 27.1. The monoisotopic (exact) mass is 800 g/mol. The SMILES string of the molecule is CC(=O)O[C@@H](C/C=C\CCC[C@H](C)[C@H](OCc1ccccc1)[C@@H](C)[C@@H](O[Si](C)(C)C(C)(C)C)C(C)(C)CO[Si](C)(C)C(C)(C)C)/C(C)=C/c1csc(C)n1. The summed E-state index contributed by atoms with van der Waals surface area (Å²) in [5.41, 5.74) is 2.86. The molecule has 9 heteroatoms. The minimum absolute atomic E-state index is 0.00779. The second-order valence-corrected chi connectivity index (χ2v) is 30.0. The van der Waals surface area contributed by atoms with E-state index >= 15 is 0 Å². The van der Waals surface area contributed by atoms with Crippen molar-refractivity contribution in [3.05, 3.63) is 69.7 Å². The number of ether oxygens (including phenoxy) is 2. The van der Waals surface area contributed by atoms with Crippen molar-refractivity contribution in [2.75, 3.05) is 6.61 Å². The fourth-order valence-corrected chi connectivity index (χ4v) is 9.53. The van der Waals surface area contributed by atoms with Crippen molar-refractivity contribution in [2.45, 2.75) is 177 Å². The predicted molar refractivity (Wildman–Crippen MR) is 236 cm³/mol. The van der Waals surface area contributed by atoms with Crippen molar-refractivity contribution in [3.8, 4) is 0 Å². The van der Waals surface area contributed by atoms with Crippen LogP contribution in [0.5, 0.6) is 0 Å². The highest BCUT2D eigenvalue weighted by molar-refractivity contribution is 7.09. The molecule has 0 saturated carbocycles. The topological polar surface area (TPSA) is 66.9 Å². The van der Waals surface area contributed by atoms with Gasteiger partial charge in [-0.3, -0.25) is 4.79 Å². The number of carbonyl (C=O) groups excluding carboxylic acids is 1. The van der Waals surface area contributed by atoms with Crippen LogP contribution in [0.15, 0.2) is 53.4 Å². The highest BCUT2D eigenvalue weighted by atomic mass is 32.1. The number of aromatic nitrogens is 1. The molecule has 2 rings (SSSR count). The molecule has 1 aromatic carbocycles. The van der Waals surface area contributed by atoms with E-state index in [0.717, 1.165) is 35.5 Å². The maximum atomic E-state index is 11.9. The van der Waals surface area contributed by atoms with Crippen LogP contribution in [0, 0.1) is 24.2 Å². The first-order valence-electron chi connectivity index (χ1n) is 20.2. The Bertz CT molecular complexity index is 1490. The standard InChI is InChI=1S/C45H77NO5SSi2/c1-33(25-21-18-19-24-28-40(50-37(5)47)34(2)29-39-31-52-36(4)46-39)41(48-30-38-26-22-20-23-27-38)35(3)42(51-54(16,17)44(9,10)11)45(12,13)32-49-53(14,15)43(6,7)8/h19-20,22-24,26-27,29,31,33,35,40-42H,18,21,25,28,30,32H2,1-17H3/b24-19-,34-29+/t33-,35+,40-,41-,42+/m0/s1. The molecule has 1 heterocycles. The molecule has 0 amide bonds. The number of carbonyl (C=O) groups is 1. The molecule has 0 N–H and O–H groups in total. The molecular weight excluding hydrogens is 723 g/mol. The molecule has 0 fully saturated rings. The summed E-state index contributed by atoms with van der Waals surface area (Å²) >= 11 is 1.62. The summed E-state index contributed by atoms with van der Waals surface area (Å²) in [6.07, 6.45) is 9.69. The zero-order chi connectivity index (χ0) is 41.1. The van der Waals surface area contributed by atoms with Gasteiger partial charge in [-0.25, -0.2) is 4.98 Å². The highest BCUT2D eigenvalue weighted by Gasteiger charge is 2.48. The quantitative estimate of drug-likeness (QED) is 0.0542. The minimum Gasteiger partial charge on any atom is -0.458 e. The van der Waals surface area contributed by atoms with Gasteiger partial charge in [-0.15, -0.1) is 11.3 Å². The summed E-state index contributed by atoms with van der Waals surface area (Å²) in [6, 6.07) is 10.5. The lowest BCUT2D eigenvalue weighted by molar-refractivity contribution is -0.144. The first-order chi connectivity index (χ1) is 24.8. The molecule has 0 saturated heterocycles. The van der Waals surface area contributed by atoms with Gasteiger partial charge in [0.2, 0.25) is 0 Å². The molecule has 6 nitrogen and oxygen atoms in total. The van der Waals surface area contributed by atoms with E-state index in [-0.39, 0.29) is 45.7 Å². The van der Waals surface area contributed by atoms with Crippen LogP contribution in [0.3, 0.4) is 0 Å². The number of allylic oxidation sites excluding steroid dienone is 1. The van der Waals surface area contributed by atoms with Crippen molar-refractivity contribution >= 4 is 40.0 Å². The summed E-state index contributed by atoms with van der Waals surface area (Å²) in [4.78, 5) is 16.5. The summed E-state index contributed by atoms with van der Waals surface area (Å²) in [6.45, 7) is 39.4. The van der Waals surface area contributed by atoms with Gasteiger partial charge in [-0.2, -0.15) is 0 Å². The summed E-state index contributed by atoms with van der Waals surface area (Å²) in [7, 11) is -4.13. The van der Waals surface area contributed by atoms with Gasteiger partial charge < -0.3 is 18.3 Å². The average molecular weight is 800 g/mol.